The molecule has 4 heteroatoms. The lowest BCUT2D eigenvalue weighted by molar-refractivity contribution is 0.366. The Balaban J connectivity index is 4.38. The standard InChI is InChI=1S/C6H15NO2S/c1-5(2)6(3,7-4)10(8)9/h5,7H,1-4H3,(H,8,9)/p-1. The van der Waals surface area contributed by atoms with Crippen LogP contribution in [0.25, 0.3) is 0 Å². The fraction of sp³-hybridized carbons (Fsp3) is 1.00. The van der Waals surface area contributed by atoms with Crippen molar-refractivity contribution in [2.24, 2.45) is 5.92 Å². The Morgan fingerprint density at radius 1 is 1.60 bits per heavy atom. The van der Waals surface area contributed by atoms with Gasteiger partial charge in [-0.05, 0) is 31.0 Å². The number of hydrogen-bond donors (Lipinski definition) is 1. The fourth-order valence-electron chi connectivity index (χ4n) is 0.564. The van der Waals surface area contributed by atoms with Crippen LogP contribution in [0.4, 0.5) is 0 Å². The van der Waals surface area contributed by atoms with E-state index in [2.05, 4.69) is 5.32 Å². The summed E-state index contributed by atoms with van der Waals surface area (Å²) in [6.45, 7) is 5.40. The van der Waals surface area contributed by atoms with Crippen LogP contribution in [0.15, 0.2) is 0 Å². The van der Waals surface area contributed by atoms with Crippen LogP contribution in [0.5, 0.6) is 0 Å². The van der Waals surface area contributed by atoms with Crippen molar-refractivity contribution in [2.75, 3.05) is 7.05 Å². The Hall–Kier alpha value is 0.0700. The first-order valence-corrected chi connectivity index (χ1v) is 4.31. The van der Waals surface area contributed by atoms with Crippen LogP contribution < -0.4 is 5.32 Å². The third kappa shape index (κ3) is 1.78. The van der Waals surface area contributed by atoms with Gasteiger partial charge < -0.3 is 9.87 Å². The van der Waals surface area contributed by atoms with E-state index in [9.17, 15) is 8.76 Å². The highest BCUT2D eigenvalue weighted by molar-refractivity contribution is 7.80. The first-order chi connectivity index (χ1) is 4.45. The van der Waals surface area contributed by atoms with Crippen LogP contribution in [0.1, 0.15) is 20.8 Å². The van der Waals surface area contributed by atoms with Gasteiger partial charge in [-0.3, -0.25) is 4.21 Å². The number of nitrogens with one attached hydrogen (secondary N) is 1. The summed E-state index contributed by atoms with van der Waals surface area (Å²) in [5.74, 6) is 0.0795. The highest BCUT2D eigenvalue weighted by Gasteiger charge is 2.26. The Morgan fingerprint density at radius 3 is 2.00 bits per heavy atom. The van der Waals surface area contributed by atoms with Crippen LogP contribution >= 0.6 is 0 Å². The molecule has 0 aliphatic heterocycles. The molecule has 2 unspecified atom stereocenters. The van der Waals surface area contributed by atoms with Gasteiger partial charge in [-0.1, -0.05) is 13.8 Å². The minimum atomic E-state index is -2.06. The van der Waals surface area contributed by atoms with Gasteiger partial charge in [0, 0.05) is 0 Å². The van der Waals surface area contributed by atoms with Crippen molar-refractivity contribution in [1.82, 2.24) is 5.32 Å². The quantitative estimate of drug-likeness (QED) is 0.616. The minimum Gasteiger partial charge on any atom is -0.771 e. The van der Waals surface area contributed by atoms with Crippen molar-refractivity contribution in [3.63, 3.8) is 0 Å². The summed E-state index contributed by atoms with van der Waals surface area (Å²) in [5, 5.41) is 2.76. The third-order valence-corrected chi connectivity index (χ3v) is 3.31. The molecule has 0 aromatic rings. The van der Waals surface area contributed by atoms with Gasteiger partial charge in [0.15, 0.2) is 0 Å². The molecule has 0 saturated heterocycles. The minimum absolute atomic E-state index is 0.0795. The molecule has 0 bridgehead atoms. The fourth-order valence-corrected chi connectivity index (χ4v) is 1.12. The number of hydrogen-bond acceptors (Lipinski definition) is 3. The highest BCUT2D eigenvalue weighted by atomic mass is 32.2. The van der Waals surface area contributed by atoms with Crippen LogP contribution in [0.2, 0.25) is 0 Å². The largest absolute Gasteiger partial charge is 0.771 e. The second-order valence-electron chi connectivity index (χ2n) is 2.75. The van der Waals surface area contributed by atoms with Gasteiger partial charge in [-0.25, -0.2) is 0 Å². The zero-order valence-corrected chi connectivity index (χ0v) is 7.62. The van der Waals surface area contributed by atoms with Gasteiger partial charge in [0.25, 0.3) is 0 Å². The number of rotatable bonds is 3. The summed E-state index contributed by atoms with van der Waals surface area (Å²) in [6, 6.07) is 0. The van der Waals surface area contributed by atoms with E-state index in [0.717, 1.165) is 0 Å². The van der Waals surface area contributed by atoms with E-state index in [1.54, 1.807) is 14.0 Å². The first-order valence-electron chi connectivity index (χ1n) is 3.23. The molecule has 0 rings (SSSR count). The lowest BCUT2D eigenvalue weighted by Gasteiger charge is -2.35. The molecular formula is C6H14NO2S-. The molecule has 3 nitrogen and oxygen atoms in total. The normalized spacial score (nSPS) is 20.6. The lowest BCUT2D eigenvalue weighted by atomic mass is 10.1. The second-order valence-corrected chi connectivity index (χ2v) is 4.06. The molecule has 0 heterocycles. The van der Waals surface area contributed by atoms with E-state index in [1.807, 2.05) is 13.8 Å². The molecule has 62 valence electrons. The summed E-state index contributed by atoms with van der Waals surface area (Å²) >= 11 is -2.06. The van der Waals surface area contributed by atoms with Crippen LogP contribution in [-0.4, -0.2) is 20.7 Å². The molecule has 1 N–H and O–H groups in total. The molecule has 0 aromatic heterocycles. The SMILES string of the molecule is CNC(C)(C(C)C)S(=O)[O-]. The third-order valence-electron chi connectivity index (χ3n) is 1.94. The summed E-state index contributed by atoms with van der Waals surface area (Å²) in [7, 11) is 1.65. The van der Waals surface area contributed by atoms with Crippen molar-refractivity contribution >= 4 is 11.1 Å². The van der Waals surface area contributed by atoms with E-state index in [0.29, 0.717) is 0 Å². The second kappa shape index (κ2) is 3.46. The maximum atomic E-state index is 10.6. The molecule has 10 heavy (non-hydrogen) atoms. The van der Waals surface area contributed by atoms with Crippen molar-refractivity contribution < 1.29 is 8.76 Å². The average Bonchev–Trinajstić information content (AvgIpc) is 1.85. The topological polar surface area (TPSA) is 52.2 Å². The average molecular weight is 164 g/mol. The van der Waals surface area contributed by atoms with Gasteiger partial charge >= 0.3 is 0 Å². The molecule has 0 saturated carbocycles. The predicted octanol–water partition coefficient (Wildman–Crippen LogP) is 0.457. The van der Waals surface area contributed by atoms with Gasteiger partial charge in [-0.15, -0.1) is 0 Å². The van der Waals surface area contributed by atoms with Crippen LogP contribution in [0.3, 0.4) is 0 Å². The highest BCUT2D eigenvalue weighted by Crippen LogP contribution is 2.18. The van der Waals surface area contributed by atoms with Gasteiger partial charge in [0.1, 0.15) is 0 Å². The van der Waals surface area contributed by atoms with Crippen molar-refractivity contribution in [2.45, 2.75) is 25.6 Å². The van der Waals surface area contributed by atoms with Crippen molar-refractivity contribution in [1.29, 1.82) is 0 Å². The molecule has 0 amide bonds. The monoisotopic (exact) mass is 164 g/mol. The van der Waals surface area contributed by atoms with E-state index in [-0.39, 0.29) is 5.92 Å². The summed E-state index contributed by atoms with van der Waals surface area (Å²) < 4.78 is 21.3. The van der Waals surface area contributed by atoms with Gasteiger partial charge in [0.2, 0.25) is 0 Å². The molecular weight excluding hydrogens is 150 g/mol. The molecule has 0 fully saturated rings. The van der Waals surface area contributed by atoms with Gasteiger partial charge in [-0.2, -0.15) is 0 Å². The Morgan fingerprint density at radius 2 is 2.00 bits per heavy atom. The van der Waals surface area contributed by atoms with Crippen molar-refractivity contribution in [3.8, 4) is 0 Å². The molecule has 2 atom stereocenters. The Bertz CT molecular complexity index is 138. The zero-order valence-electron chi connectivity index (χ0n) is 6.80. The summed E-state index contributed by atoms with van der Waals surface area (Å²) in [4.78, 5) is -0.792. The first kappa shape index (κ1) is 10.1. The Kier molecular flexibility index (Phi) is 3.48. The van der Waals surface area contributed by atoms with Crippen molar-refractivity contribution in [3.05, 3.63) is 0 Å². The van der Waals surface area contributed by atoms with E-state index in [1.165, 1.54) is 0 Å². The summed E-state index contributed by atoms with van der Waals surface area (Å²) in [5.41, 5.74) is 0. The smallest absolute Gasteiger partial charge is 0.0805 e. The molecule has 0 spiro atoms. The lowest BCUT2D eigenvalue weighted by Crippen LogP contribution is -2.48. The zero-order chi connectivity index (χ0) is 8.36. The van der Waals surface area contributed by atoms with E-state index in [4.69, 9.17) is 0 Å². The molecule has 0 aliphatic rings. The van der Waals surface area contributed by atoms with E-state index >= 15 is 0 Å². The molecule has 0 radical (unpaired) electrons. The predicted molar refractivity (Wildman–Crippen MR) is 41.2 cm³/mol. The summed E-state index contributed by atoms with van der Waals surface area (Å²) in [6.07, 6.45) is 0. The maximum Gasteiger partial charge on any atom is 0.0805 e. The molecule has 0 aliphatic carbocycles. The van der Waals surface area contributed by atoms with Gasteiger partial charge in [0.05, 0.1) is 4.87 Å². The van der Waals surface area contributed by atoms with Crippen LogP contribution in [-0.2, 0) is 11.1 Å². The maximum absolute atomic E-state index is 10.6. The Labute approximate surface area is 64.5 Å². The van der Waals surface area contributed by atoms with E-state index < -0.39 is 16.0 Å². The van der Waals surface area contributed by atoms with Crippen LogP contribution in [0, 0.1) is 5.92 Å². The molecule has 0 aromatic carbocycles.